The quantitative estimate of drug-likeness (QED) is 0.459. The van der Waals surface area contributed by atoms with Gasteiger partial charge in [0.1, 0.15) is 12.6 Å². The van der Waals surface area contributed by atoms with Gasteiger partial charge in [-0.15, -0.1) is 0 Å². The fourth-order valence-electron chi connectivity index (χ4n) is 0.789. The number of rotatable bonds is 5. The van der Waals surface area contributed by atoms with Gasteiger partial charge < -0.3 is 15.4 Å². The zero-order valence-electron chi connectivity index (χ0n) is 9.21. The molecule has 0 fully saturated rings. The number of nitrogens with one attached hydrogen (secondary N) is 2. The second-order valence-corrected chi connectivity index (χ2v) is 3.37. The molecule has 0 aliphatic rings. The van der Waals surface area contributed by atoms with Crippen molar-refractivity contribution in [3.05, 3.63) is 0 Å². The maximum Gasteiger partial charge on any atom is 0.471 e. The summed E-state index contributed by atoms with van der Waals surface area (Å²) in [6, 6.07) is -1.49. The van der Waals surface area contributed by atoms with Gasteiger partial charge in [-0.2, -0.15) is 25.8 Å². The van der Waals surface area contributed by atoms with Crippen molar-refractivity contribution in [1.29, 1.82) is 0 Å². The number of alkyl halides is 3. The van der Waals surface area contributed by atoms with Crippen LogP contribution in [0.1, 0.15) is 0 Å². The van der Waals surface area contributed by atoms with Gasteiger partial charge in [0.05, 0.1) is 7.11 Å². The summed E-state index contributed by atoms with van der Waals surface area (Å²) in [4.78, 5) is 32.6. The first kappa shape index (κ1) is 16.6. The molecular weight excluding hydrogens is 277 g/mol. The van der Waals surface area contributed by atoms with Crippen molar-refractivity contribution in [3.8, 4) is 0 Å². The van der Waals surface area contributed by atoms with Crippen molar-refractivity contribution in [2.75, 3.05) is 19.4 Å². The number of halogens is 3. The van der Waals surface area contributed by atoms with Gasteiger partial charge >= 0.3 is 18.1 Å². The van der Waals surface area contributed by atoms with Gasteiger partial charge in [-0.25, -0.2) is 0 Å². The van der Waals surface area contributed by atoms with Crippen molar-refractivity contribution in [2.45, 2.75) is 12.2 Å². The van der Waals surface area contributed by atoms with E-state index in [1.165, 1.54) is 5.32 Å². The molecule has 0 bridgehead atoms. The van der Waals surface area contributed by atoms with Crippen molar-refractivity contribution in [3.63, 3.8) is 0 Å². The van der Waals surface area contributed by atoms with Gasteiger partial charge in [-0.1, -0.05) is 0 Å². The third-order valence-electron chi connectivity index (χ3n) is 1.70. The average molecular weight is 288 g/mol. The summed E-state index contributed by atoms with van der Waals surface area (Å²) in [6.07, 6.45) is -5.09. The summed E-state index contributed by atoms with van der Waals surface area (Å²) in [5.41, 5.74) is 0. The van der Waals surface area contributed by atoms with Crippen LogP contribution >= 0.6 is 12.6 Å². The van der Waals surface area contributed by atoms with Crippen LogP contribution in [0.3, 0.4) is 0 Å². The van der Waals surface area contributed by atoms with Crippen molar-refractivity contribution >= 4 is 30.4 Å². The highest BCUT2D eigenvalue weighted by Crippen LogP contribution is 2.14. The highest BCUT2D eigenvalue weighted by molar-refractivity contribution is 7.80. The van der Waals surface area contributed by atoms with Gasteiger partial charge in [0.2, 0.25) is 5.91 Å². The van der Waals surface area contributed by atoms with E-state index in [2.05, 4.69) is 17.4 Å². The molecule has 2 amide bonds. The third-order valence-corrected chi connectivity index (χ3v) is 2.06. The maximum absolute atomic E-state index is 11.9. The Labute approximate surface area is 106 Å². The fourth-order valence-corrected chi connectivity index (χ4v) is 1.05. The van der Waals surface area contributed by atoms with E-state index in [9.17, 15) is 27.6 Å². The molecule has 0 radical (unpaired) electrons. The molecule has 0 heterocycles. The number of hydrogen-bond donors (Lipinski definition) is 3. The minimum Gasteiger partial charge on any atom is -0.468 e. The van der Waals surface area contributed by atoms with Crippen molar-refractivity contribution < 1.29 is 32.3 Å². The topological polar surface area (TPSA) is 84.5 Å². The number of carbonyl (C=O) groups excluding carboxylic acids is 3. The number of amides is 2. The molecule has 6 nitrogen and oxygen atoms in total. The molecule has 0 aliphatic carbocycles. The molecule has 0 unspecified atom stereocenters. The van der Waals surface area contributed by atoms with Crippen LogP contribution in [0.25, 0.3) is 0 Å². The molecule has 0 aromatic carbocycles. The third kappa shape index (κ3) is 5.75. The molecule has 0 saturated heterocycles. The van der Waals surface area contributed by atoms with E-state index in [4.69, 9.17) is 0 Å². The Morgan fingerprint density at radius 3 is 2.28 bits per heavy atom. The average Bonchev–Trinajstić information content (AvgIpc) is 2.30. The summed E-state index contributed by atoms with van der Waals surface area (Å²) in [6.45, 7) is -0.512. The van der Waals surface area contributed by atoms with Gasteiger partial charge in [-0.3, -0.25) is 14.4 Å². The number of methoxy groups -OCH3 is 1. The molecule has 10 heteroatoms. The molecule has 0 aromatic heterocycles. The normalized spacial score (nSPS) is 12.5. The molecular formula is C8H11F3N2O4S. The number of hydrogen-bond acceptors (Lipinski definition) is 5. The second-order valence-electron chi connectivity index (χ2n) is 3.00. The smallest absolute Gasteiger partial charge is 0.468 e. The van der Waals surface area contributed by atoms with Crippen LogP contribution in [-0.2, 0) is 19.1 Å². The lowest BCUT2D eigenvalue weighted by atomic mass is 10.3. The van der Waals surface area contributed by atoms with E-state index >= 15 is 0 Å². The highest BCUT2D eigenvalue weighted by atomic mass is 32.1. The molecule has 104 valence electrons. The SMILES string of the molecule is COC(=O)CNC(=O)[C@H](CS)NC(=O)C(F)(F)F. The first-order valence-corrected chi connectivity index (χ1v) is 5.18. The minimum absolute atomic E-state index is 0.352. The molecule has 0 rings (SSSR count). The van der Waals surface area contributed by atoms with Gasteiger partial charge in [0.15, 0.2) is 0 Å². The zero-order chi connectivity index (χ0) is 14.3. The fraction of sp³-hybridized carbons (Fsp3) is 0.625. The summed E-state index contributed by atoms with van der Waals surface area (Å²) >= 11 is 3.63. The van der Waals surface area contributed by atoms with Crippen molar-refractivity contribution in [2.24, 2.45) is 0 Å². The minimum atomic E-state index is -5.09. The Morgan fingerprint density at radius 2 is 1.89 bits per heavy atom. The van der Waals surface area contributed by atoms with Crippen molar-refractivity contribution in [1.82, 2.24) is 10.6 Å². The zero-order valence-corrected chi connectivity index (χ0v) is 10.1. The molecule has 0 aromatic rings. The summed E-state index contributed by atoms with van der Waals surface area (Å²) in [7, 11) is 1.08. The highest BCUT2D eigenvalue weighted by Gasteiger charge is 2.40. The Hall–Kier alpha value is -1.45. The lowest BCUT2D eigenvalue weighted by molar-refractivity contribution is -0.174. The predicted molar refractivity (Wildman–Crippen MR) is 56.9 cm³/mol. The first-order chi connectivity index (χ1) is 8.22. The summed E-state index contributed by atoms with van der Waals surface area (Å²) < 4.78 is 40.0. The van der Waals surface area contributed by atoms with Gasteiger partial charge in [-0.05, 0) is 0 Å². The van der Waals surface area contributed by atoms with E-state index in [1.54, 1.807) is 0 Å². The van der Waals surface area contributed by atoms with Crippen LogP contribution < -0.4 is 10.6 Å². The Kier molecular flexibility index (Phi) is 6.52. The van der Waals surface area contributed by atoms with Crippen LogP contribution in [0.2, 0.25) is 0 Å². The number of esters is 1. The Bertz CT molecular complexity index is 335. The molecule has 1 atom stereocenters. The number of thiol groups is 1. The second kappa shape index (κ2) is 7.09. The van der Waals surface area contributed by atoms with Crippen LogP contribution in [0.4, 0.5) is 13.2 Å². The Balaban J connectivity index is 4.37. The van der Waals surface area contributed by atoms with E-state index in [1.807, 2.05) is 5.32 Å². The molecule has 0 spiro atoms. The van der Waals surface area contributed by atoms with Gasteiger partial charge in [0, 0.05) is 5.75 Å². The molecule has 18 heavy (non-hydrogen) atoms. The maximum atomic E-state index is 11.9. The molecule has 2 N–H and O–H groups in total. The lowest BCUT2D eigenvalue weighted by Gasteiger charge is -2.16. The van der Waals surface area contributed by atoms with E-state index < -0.39 is 36.5 Å². The van der Waals surface area contributed by atoms with Gasteiger partial charge in [0.25, 0.3) is 0 Å². The van der Waals surface area contributed by atoms with E-state index in [-0.39, 0.29) is 5.75 Å². The summed E-state index contributed by atoms with van der Waals surface area (Å²) in [5.74, 6) is -4.35. The number of ether oxygens (including phenoxy) is 1. The van der Waals surface area contributed by atoms with Crippen LogP contribution in [0.5, 0.6) is 0 Å². The standard InChI is InChI=1S/C8H11F3N2O4S/c1-17-5(14)2-12-6(15)4(3-18)13-7(16)8(9,10)11/h4,18H,2-3H2,1H3,(H,12,15)(H,13,16)/t4-/m0/s1. The van der Waals surface area contributed by atoms with Crippen LogP contribution in [0, 0.1) is 0 Å². The van der Waals surface area contributed by atoms with Crippen LogP contribution in [0.15, 0.2) is 0 Å². The molecule has 0 saturated carbocycles. The molecule has 0 aliphatic heterocycles. The number of carbonyl (C=O) groups is 3. The summed E-state index contributed by atoms with van der Waals surface area (Å²) in [5, 5.41) is 3.44. The largest absolute Gasteiger partial charge is 0.471 e. The lowest BCUT2D eigenvalue weighted by Crippen LogP contribution is -2.52. The van der Waals surface area contributed by atoms with E-state index in [0.717, 1.165) is 7.11 Å². The first-order valence-electron chi connectivity index (χ1n) is 4.55. The monoisotopic (exact) mass is 288 g/mol. The van der Waals surface area contributed by atoms with Crippen LogP contribution in [-0.4, -0.2) is 49.4 Å². The predicted octanol–water partition coefficient (Wildman–Crippen LogP) is -0.748. The van der Waals surface area contributed by atoms with E-state index in [0.29, 0.717) is 0 Å². The Morgan fingerprint density at radius 1 is 1.33 bits per heavy atom.